The molecule has 0 rings (SSSR count). The third-order valence-electron chi connectivity index (χ3n) is 0.105. The van der Waals surface area contributed by atoms with Gasteiger partial charge in [0.15, 0.2) is 5.40 Å². The first-order valence-corrected chi connectivity index (χ1v) is 1.74. The van der Waals surface area contributed by atoms with Gasteiger partial charge in [-0.05, 0) is 0 Å². The highest BCUT2D eigenvalue weighted by molar-refractivity contribution is 8.01. The molecular formula is CH3N3S. The molecule has 0 aromatic heterocycles. The molecule has 0 heterocycles. The van der Waals surface area contributed by atoms with E-state index in [1.807, 2.05) is 0 Å². The number of rotatable bonds is 1. The maximum Gasteiger partial charge on any atom is 0.151 e. The van der Waals surface area contributed by atoms with Gasteiger partial charge in [0.05, 0.1) is 11.9 Å². The van der Waals surface area contributed by atoms with Gasteiger partial charge in [0.2, 0.25) is 0 Å². The van der Waals surface area contributed by atoms with Crippen LogP contribution in [0.1, 0.15) is 0 Å². The molecule has 0 spiro atoms. The molecule has 0 unspecified atom stereocenters. The van der Waals surface area contributed by atoms with Crippen molar-refractivity contribution in [1.82, 2.24) is 4.83 Å². The summed E-state index contributed by atoms with van der Waals surface area (Å²) < 4.78 is 0. The van der Waals surface area contributed by atoms with Crippen LogP contribution in [0.15, 0.2) is 0 Å². The van der Waals surface area contributed by atoms with Gasteiger partial charge in [0.1, 0.15) is 0 Å². The lowest BCUT2D eigenvalue weighted by Crippen LogP contribution is -2.09. The van der Waals surface area contributed by atoms with Crippen LogP contribution in [0.5, 0.6) is 0 Å². The predicted octanol–water partition coefficient (Wildman–Crippen LogP) is -0.421. The van der Waals surface area contributed by atoms with Gasteiger partial charge in [0, 0.05) is 0 Å². The highest BCUT2D eigenvalue weighted by Crippen LogP contribution is 1.76. The molecule has 0 fully saturated rings. The van der Waals surface area contributed by atoms with E-state index in [1.165, 1.54) is 0 Å². The molecule has 28 valence electrons. The number of nitrogens with two attached hydrogens (primary N) is 1. The molecule has 3 N–H and O–H groups in total. The average molecular weight is 89.1 g/mol. The Morgan fingerprint density at radius 1 is 2.00 bits per heavy atom. The van der Waals surface area contributed by atoms with Crippen molar-refractivity contribution in [2.45, 2.75) is 0 Å². The van der Waals surface area contributed by atoms with Crippen LogP contribution in [0.2, 0.25) is 0 Å². The Bertz CT molecular complexity index is 45.3. The maximum absolute atomic E-state index is 7.64. The van der Waals surface area contributed by atoms with Crippen molar-refractivity contribution in [1.29, 1.82) is 5.26 Å². The summed E-state index contributed by atoms with van der Waals surface area (Å²) in [5, 5.41) is 9.33. The van der Waals surface area contributed by atoms with Gasteiger partial charge < -0.3 is 0 Å². The minimum atomic E-state index is 0.796. The van der Waals surface area contributed by atoms with Crippen LogP contribution in [-0.2, 0) is 0 Å². The van der Waals surface area contributed by atoms with Crippen LogP contribution in [-0.4, -0.2) is 0 Å². The third kappa shape index (κ3) is 3.76. The van der Waals surface area contributed by atoms with Crippen molar-refractivity contribution < 1.29 is 0 Å². The number of nitrogens with one attached hydrogen (secondary N) is 1. The van der Waals surface area contributed by atoms with Gasteiger partial charge in [-0.25, -0.2) is 0 Å². The van der Waals surface area contributed by atoms with Crippen LogP contribution >= 0.6 is 11.9 Å². The van der Waals surface area contributed by atoms with Crippen molar-refractivity contribution in [3.8, 4) is 5.40 Å². The van der Waals surface area contributed by atoms with Crippen molar-refractivity contribution in [2.75, 3.05) is 0 Å². The summed E-state index contributed by atoms with van der Waals surface area (Å²) in [4.78, 5) is 2.07. The first kappa shape index (κ1) is 4.76. The largest absolute Gasteiger partial charge is 0.261 e. The van der Waals surface area contributed by atoms with Crippen molar-refractivity contribution >= 4 is 11.9 Å². The highest BCUT2D eigenvalue weighted by Gasteiger charge is 1.62. The zero-order valence-electron chi connectivity index (χ0n) is 2.43. The van der Waals surface area contributed by atoms with Gasteiger partial charge >= 0.3 is 0 Å². The van der Waals surface area contributed by atoms with Gasteiger partial charge in [-0.2, -0.15) is 10.1 Å². The number of nitrogens with zero attached hydrogens (tertiary/aromatic N) is 1. The molecule has 0 bridgehead atoms. The molecular weight excluding hydrogens is 86.1 g/mol. The SMILES string of the molecule is N#CSNN. The molecule has 0 aromatic carbocycles. The van der Waals surface area contributed by atoms with E-state index in [2.05, 4.69) is 10.7 Å². The molecule has 0 atom stereocenters. The Labute approximate surface area is 34.3 Å². The fourth-order valence-corrected chi connectivity index (χ4v) is 0.0791. The second-order valence-corrected chi connectivity index (χ2v) is 0.934. The molecule has 0 radical (unpaired) electrons. The molecule has 0 amide bonds. The van der Waals surface area contributed by atoms with Crippen LogP contribution < -0.4 is 10.7 Å². The molecule has 0 aliphatic heterocycles. The first-order valence-electron chi connectivity index (χ1n) is 0.921. The summed E-state index contributed by atoms with van der Waals surface area (Å²) in [5.74, 6) is 4.63. The molecule has 0 aromatic rings. The van der Waals surface area contributed by atoms with Gasteiger partial charge in [0.25, 0.3) is 0 Å². The minimum Gasteiger partial charge on any atom is -0.261 e. The standard InChI is InChI=1S/CH3N3S/c2-1-5-4-3/h4H,3H2. The lowest BCUT2D eigenvalue weighted by molar-refractivity contribution is 1.13. The Hall–Kier alpha value is -0.240. The monoisotopic (exact) mass is 89.0 g/mol. The Balaban J connectivity index is 2.48. The van der Waals surface area contributed by atoms with E-state index in [0.717, 1.165) is 11.9 Å². The topological polar surface area (TPSA) is 61.8 Å². The van der Waals surface area contributed by atoms with Gasteiger partial charge in [-0.1, -0.05) is 0 Å². The number of hydrazine groups is 1. The van der Waals surface area contributed by atoms with E-state index in [9.17, 15) is 0 Å². The molecule has 0 aliphatic rings. The summed E-state index contributed by atoms with van der Waals surface area (Å²) in [6.45, 7) is 0. The van der Waals surface area contributed by atoms with Crippen molar-refractivity contribution in [3.05, 3.63) is 0 Å². The molecule has 5 heavy (non-hydrogen) atoms. The van der Waals surface area contributed by atoms with Crippen molar-refractivity contribution in [2.24, 2.45) is 5.84 Å². The quantitative estimate of drug-likeness (QED) is 0.198. The first-order chi connectivity index (χ1) is 2.41. The minimum absolute atomic E-state index is 0.796. The van der Waals surface area contributed by atoms with Gasteiger partial charge in [-0.3, -0.25) is 5.84 Å². The molecule has 3 nitrogen and oxygen atoms in total. The lowest BCUT2D eigenvalue weighted by Gasteiger charge is -1.72. The lowest BCUT2D eigenvalue weighted by atomic mass is 11.8. The number of hydrogen-bond acceptors (Lipinski definition) is 4. The predicted molar refractivity (Wildman–Crippen MR) is 20.5 cm³/mol. The molecule has 4 heteroatoms. The van der Waals surface area contributed by atoms with E-state index >= 15 is 0 Å². The smallest absolute Gasteiger partial charge is 0.151 e. The zero-order valence-corrected chi connectivity index (χ0v) is 3.25. The maximum atomic E-state index is 7.64. The van der Waals surface area contributed by atoms with Crippen LogP contribution in [0.3, 0.4) is 0 Å². The fourth-order valence-electron chi connectivity index (χ4n) is 0.0264. The highest BCUT2D eigenvalue weighted by atomic mass is 32.2. The Morgan fingerprint density at radius 3 is 2.60 bits per heavy atom. The van der Waals surface area contributed by atoms with Crippen LogP contribution in [0.4, 0.5) is 0 Å². The number of hydrogen-bond donors (Lipinski definition) is 2. The van der Waals surface area contributed by atoms with E-state index in [4.69, 9.17) is 5.26 Å². The van der Waals surface area contributed by atoms with E-state index < -0.39 is 0 Å². The Kier molecular flexibility index (Phi) is 3.58. The van der Waals surface area contributed by atoms with E-state index in [0.29, 0.717) is 0 Å². The third-order valence-corrected chi connectivity index (χ3v) is 0.314. The van der Waals surface area contributed by atoms with Crippen LogP contribution in [0.25, 0.3) is 0 Å². The van der Waals surface area contributed by atoms with Crippen LogP contribution in [0, 0.1) is 10.7 Å². The second-order valence-electron chi connectivity index (χ2n) is 0.311. The summed E-state index contributed by atoms with van der Waals surface area (Å²) in [5.41, 5.74) is 0. The fraction of sp³-hybridized carbons (Fsp3) is 0. The van der Waals surface area contributed by atoms with E-state index in [-0.39, 0.29) is 0 Å². The van der Waals surface area contributed by atoms with Gasteiger partial charge in [-0.15, -0.1) is 0 Å². The normalized spacial score (nSPS) is 6.40. The average Bonchev–Trinajstić information content (AvgIpc) is 1.41. The second kappa shape index (κ2) is 3.76. The van der Waals surface area contributed by atoms with Crippen molar-refractivity contribution in [3.63, 3.8) is 0 Å². The summed E-state index contributed by atoms with van der Waals surface area (Å²) >= 11 is 0.796. The summed E-state index contributed by atoms with van der Waals surface area (Å²) in [6, 6.07) is 0. The summed E-state index contributed by atoms with van der Waals surface area (Å²) in [6.07, 6.45) is 0. The Morgan fingerprint density at radius 2 is 2.60 bits per heavy atom. The summed E-state index contributed by atoms with van der Waals surface area (Å²) in [7, 11) is 0. The molecule has 0 aliphatic carbocycles. The molecule has 0 saturated carbocycles. The van der Waals surface area contributed by atoms with E-state index in [1.54, 1.807) is 5.40 Å². The zero-order chi connectivity index (χ0) is 4.12. The number of thiocyanates is 1. The number of nitriles is 1. The molecule has 0 saturated heterocycles.